The molecular formula is C44H64N6O7. The second-order valence-corrected chi connectivity index (χ2v) is 17.8. The molecule has 0 unspecified atom stereocenters. The van der Waals surface area contributed by atoms with Crippen molar-refractivity contribution in [2.45, 2.75) is 63.8 Å². The zero-order valence-corrected chi connectivity index (χ0v) is 35.6. The van der Waals surface area contributed by atoms with Gasteiger partial charge in [0.05, 0.1) is 70.4 Å². The molecule has 3 aromatic rings. The molecule has 2 aromatic carbocycles. The molecule has 2 amide bonds. The second-order valence-electron chi connectivity index (χ2n) is 17.8. The van der Waals surface area contributed by atoms with Crippen LogP contribution in [-0.4, -0.2) is 135 Å². The Morgan fingerprint density at radius 3 is 2.02 bits per heavy atom. The van der Waals surface area contributed by atoms with Gasteiger partial charge in [-0.05, 0) is 131 Å². The molecule has 1 aromatic heterocycles. The molecule has 57 heavy (non-hydrogen) atoms. The first-order valence-corrected chi connectivity index (χ1v) is 20.2. The average molecular weight is 789 g/mol. The van der Waals surface area contributed by atoms with Gasteiger partial charge in [-0.15, -0.1) is 0 Å². The van der Waals surface area contributed by atoms with Crippen molar-refractivity contribution in [2.24, 2.45) is 23.7 Å². The fourth-order valence-electron chi connectivity index (χ4n) is 9.31. The molecule has 13 heteroatoms. The predicted octanol–water partition coefficient (Wildman–Crippen LogP) is 4.06. The van der Waals surface area contributed by atoms with Crippen molar-refractivity contribution in [3.8, 4) is 28.4 Å². The molecule has 4 aliphatic carbocycles. The van der Waals surface area contributed by atoms with Crippen LogP contribution in [0, 0.1) is 23.7 Å². The number of nitrogens with zero attached hydrogens (tertiary/aromatic N) is 5. The molecule has 7 rings (SSSR count). The van der Waals surface area contributed by atoms with Crippen molar-refractivity contribution in [1.29, 1.82) is 0 Å². The Morgan fingerprint density at radius 1 is 0.947 bits per heavy atom. The van der Waals surface area contributed by atoms with Crippen molar-refractivity contribution in [2.75, 3.05) is 82.7 Å². The number of aliphatic carboxylic acids is 1. The molecule has 0 saturated heterocycles. The summed E-state index contributed by atoms with van der Waals surface area (Å²) >= 11 is 0. The molecule has 0 radical (unpaired) electrons. The number of amides is 2. The number of methoxy groups -OCH3 is 2. The Bertz CT molecular complexity index is 1850. The summed E-state index contributed by atoms with van der Waals surface area (Å²) in [6.07, 6.45) is 5.14. The first-order chi connectivity index (χ1) is 26.9. The number of aliphatic hydroxyl groups is 1. The summed E-state index contributed by atoms with van der Waals surface area (Å²) in [6, 6.07) is 12.6. The van der Waals surface area contributed by atoms with Gasteiger partial charge in [-0.1, -0.05) is 19.9 Å². The maximum absolute atomic E-state index is 14.3. The lowest BCUT2D eigenvalue weighted by Gasteiger charge is -2.61. The van der Waals surface area contributed by atoms with Crippen LogP contribution in [0.1, 0.15) is 84.7 Å². The van der Waals surface area contributed by atoms with E-state index in [1.807, 2.05) is 65.3 Å². The average Bonchev–Trinajstić information content (AvgIpc) is 3.59. The highest BCUT2D eigenvalue weighted by Gasteiger charge is 2.59. The van der Waals surface area contributed by atoms with E-state index in [1.54, 1.807) is 35.9 Å². The quantitative estimate of drug-likeness (QED) is 0.218. The minimum absolute atomic E-state index is 0.0138. The number of rotatable bonds is 15. The molecular weight excluding hydrogens is 725 g/mol. The highest BCUT2D eigenvalue weighted by atomic mass is 16.5. The maximum atomic E-state index is 14.3. The molecule has 312 valence electrons. The molecule has 2 N–H and O–H groups in total. The molecule has 4 fully saturated rings. The highest BCUT2D eigenvalue weighted by molar-refractivity contribution is 5.98. The van der Waals surface area contributed by atoms with Crippen molar-refractivity contribution < 1.29 is 38.6 Å². The van der Waals surface area contributed by atoms with Crippen molar-refractivity contribution in [1.82, 2.24) is 24.9 Å². The molecule has 0 spiro atoms. The Kier molecular flexibility index (Phi) is 13.8. The fourth-order valence-corrected chi connectivity index (χ4v) is 9.31. The number of nitrogens with one attached hydrogen (secondary N) is 1. The molecule has 4 aliphatic rings. The van der Waals surface area contributed by atoms with Gasteiger partial charge in [-0.2, -0.15) is 5.10 Å². The van der Waals surface area contributed by atoms with E-state index in [-0.39, 0.29) is 36.0 Å². The van der Waals surface area contributed by atoms with Crippen LogP contribution in [0.2, 0.25) is 0 Å². The molecule has 4 bridgehead atoms. The number of carboxylic acid groups (broad SMARTS) is 1. The van der Waals surface area contributed by atoms with Gasteiger partial charge in [0.1, 0.15) is 18.0 Å². The summed E-state index contributed by atoms with van der Waals surface area (Å²) in [5.74, 6) is -0.144. The number of hydrogen-bond acceptors (Lipinski definition) is 9. The minimum Gasteiger partial charge on any atom is -0.548 e. The second kappa shape index (κ2) is 18.0. The number of carbonyl (C=O) groups is 3. The number of aromatic nitrogens is 2. The first kappa shape index (κ1) is 43.7. The summed E-state index contributed by atoms with van der Waals surface area (Å²) in [4.78, 5) is 44.6. The van der Waals surface area contributed by atoms with Crippen molar-refractivity contribution in [3.63, 3.8) is 0 Å². The lowest BCUT2D eigenvalue weighted by molar-refractivity contribution is -0.870. The SMILES string of the molecule is COc1cccc(OC)c1-c1cc(C(=O)NC2(C(=O)[O-])C3CC4CC(C3)CC2C4)nn1-c1ccc(C(=O)N(C)CCCN(C)C)cc1C(C)C.C[N+](C)(C)CCO. The smallest absolute Gasteiger partial charge is 0.272 e. The van der Waals surface area contributed by atoms with Crippen LogP contribution < -0.4 is 19.9 Å². The number of hydrogen-bond donors (Lipinski definition) is 2. The van der Waals surface area contributed by atoms with Gasteiger partial charge in [0, 0.05) is 19.2 Å². The van der Waals surface area contributed by atoms with Crippen LogP contribution in [0.25, 0.3) is 16.9 Å². The highest BCUT2D eigenvalue weighted by Crippen LogP contribution is 2.58. The summed E-state index contributed by atoms with van der Waals surface area (Å²) < 4.78 is 14.1. The predicted molar refractivity (Wildman–Crippen MR) is 219 cm³/mol. The third-order valence-corrected chi connectivity index (χ3v) is 12.1. The summed E-state index contributed by atoms with van der Waals surface area (Å²) in [6.45, 7) is 6.71. The third-order valence-electron chi connectivity index (χ3n) is 12.1. The van der Waals surface area contributed by atoms with Gasteiger partial charge in [0.15, 0.2) is 5.69 Å². The third kappa shape index (κ3) is 9.48. The monoisotopic (exact) mass is 788 g/mol. The standard InChI is InChI=1S/C39H51N5O6.C5H14NO/c1-23(2)29-21-26(37(46)43(5)15-9-14-42(3)4)12-13-31(29)44-32(35-33(49-6)10-8-11-34(35)50-7)22-30(41-44)36(45)40-39(38(47)48)27-17-24-16-25(19-27)20-28(39)18-24;1-6(2,3)4-5-7/h8,10-13,21-25,27-28H,9,14-20H2,1-7H3,(H,40,45)(H,47,48);7H,4-5H2,1-3H3/q;+1/p-1. The number of ether oxygens (including phenoxy) is 2. The number of aliphatic hydroxyl groups excluding tert-OH is 1. The van der Waals surface area contributed by atoms with Crippen molar-refractivity contribution in [3.05, 3.63) is 59.3 Å². The van der Waals surface area contributed by atoms with Gasteiger partial charge < -0.3 is 44.1 Å². The van der Waals surface area contributed by atoms with Gasteiger partial charge in [0.2, 0.25) is 0 Å². The van der Waals surface area contributed by atoms with E-state index in [9.17, 15) is 19.5 Å². The molecule has 0 aliphatic heterocycles. The van der Waals surface area contributed by atoms with Gasteiger partial charge in [-0.3, -0.25) is 9.59 Å². The van der Waals surface area contributed by atoms with E-state index >= 15 is 0 Å². The van der Waals surface area contributed by atoms with E-state index in [0.717, 1.165) is 61.7 Å². The Balaban J connectivity index is 0.000000811. The van der Waals surface area contributed by atoms with Crippen LogP contribution >= 0.6 is 0 Å². The van der Waals surface area contributed by atoms with Crippen LogP contribution in [0.4, 0.5) is 0 Å². The van der Waals surface area contributed by atoms with E-state index in [0.29, 0.717) is 52.4 Å². The number of likely N-dealkylation sites (N-methyl/N-ethyl adjacent to an activating group) is 1. The van der Waals surface area contributed by atoms with Crippen molar-refractivity contribution >= 4 is 17.8 Å². The summed E-state index contributed by atoms with van der Waals surface area (Å²) in [5, 5.41) is 29.2. The molecule has 0 atom stereocenters. The summed E-state index contributed by atoms with van der Waals surface area (Å²) in [5.41, 5.74) is 1.85. The number of carbonyl (C=O) groups excluding carboxylic acids is 3. The molecule has 4 saturated carbocycles. The van der Waals surface area contributed by atoms with Crippen LogP contribution in [-0.2, 0) is 4.79 Å². The van der Waals surface area contributed by atoms with Gasteiger partial charge >= 0.3 is 0 Å². The van der Waals surface area contributed by atoms with Gasteiger partial charge in [-0.25, -0.2) is 4.68 Å². The topological polar surface area (TPSA) is 149 Å². The van der Waals surface area contributed by atoms with E-state index in [2.05, 4.69) is 31.4 Å². The number of benzene rings is 2. The minimum atomic E-state index is -1.43. The first-order valence-electron chi connectivity index (χ1n) is 20.2. The normalized spacial score (nSPS) is 22.3. The van der Waals surface area contributed by atoms with Gasteiger partial charge in [0.25, 0.3) is 11.8 Å². The van der Waals surface area contributed by atoms with E-state index in [4.69, 9.17) is 19.7 Å². The number of carboxylic acids is 1. The fraction of sp³-hybridized carbons (Fsp3) is 0.591. The van der Waals surface area contributed by atoms with Crippen LogP contribution in [0.15, 0.2) is 42.5 Å². The van der Waals surface area contributed by atoms with E-state index in [1.165, 1.54) is 0 Å². The van der Waals surface area contributed by atoms with Crippen LogP contribution in [0.5, 0.6) is 11.5 Å². The lowest BCUT2D eigenvalue weighted by Crippen LogP contribution is -2.73. The lowest BCUT2D eigenvalue weighted by atomic mass is 9.48. The molecule has 1 heterocycles. The van der Waals surface area contributed by atoms with E-state index < -0.39 is 17.4 Å². The molecule has 13 nitrogen and oxygen atoms in total. The number of quaternary nitrogens is 1. The maximum Gasteiger partial charge on any atom is 0.272 e. The Morgan fingerprint density at radius 2 is 1.54 bits per heavy atom. The zero-order valence-electron chi connectivity index (χ0n) is 35.6. The van der Waals surface area contributed by atoms with Crippen LogP contribution in [0.3, 0.4) is 0 Å². The summed E-state index contributed by atoms with van der Waals surface area (Å²) in [7, 11) is 15.1. The zero-order chi connectivity index (χ0) is 41.8. The Labute approximate surface area is 338 Å². The largest absolute Gasteiger partial charge is 0.548 e. The Hall–Kier alpha value is -4.46.